The van der Waals surface area contributed by atoms with Gasteiger partial charge in [-0.3, -0.25) is 9.69 Å². The van der Waals surface area contributed by atoms with Crippen LogP contribution in [-0.4, -0.2) is 37.0 Å². The number of hydrogen-bond donors (Lipinski definition) is 1. The van der Waals surface area contributed by atoms with Crippen molar-refractivity contribution in [2.24, 2.45) is 5.92 Å². The predicted molar refractivity (Wildman–Crippen MR) is 121 cm³/mol. The van der Waals surface area contributed by atoms with E-state index in [0.29, 0.717) is 6.54 Å². The maximum absolute atomic E-state index is 12.5. The molecular formula is C25H35N3O. The fourth-order valence-corrected chi connectivity index (χ4v) is 4.15. The van der Waals surface area contributed by atoms with Gasteiger partial charge < -0.3 is 10.2 Å². The molecule has 0 spiro atoms. The van der Waals surface area contributed by atoms with Crippen LogP contribution in [0.1, 0.15) is 55.1 Å². The van der Waals surface area contributed by atoms with Crippen LogP contribution in [0.5, 0.6) is 0 Å². The predicted octanol–water partition coefficient (Wildman–Crippen LogP) is 4.69. The van der Waals surface area contributed by atoms with Crippen LogP contribution in [0.15, 0.2) is 48.5 Å². The average molecular weight is 394 g/mol. The normalized spacial score (nSPS) is 17.1. The highest BCUT2D eigenvalue weighted by atomic mass is 16.1. The second-order valence-electron chi connectivity index (χ2n) is 8.20. The number of nitrogens with zero attached hydrogens (tertiary/aromatic N) is 2. The lowest BCUT2D eigenvalue weighted by Crippen LogP contribution is -2.33. The van der Waals surface area contributed by atoms with Crippen molar-refractivity contribution in [3.63, 3.8) is 0 Å². The van der Waals surface area contributed by atoms with E-state index in [1.54, 1.807) is 0 Å². The largest absolute Gasteiger partial charge is 0.372 e. The first kappa shape index (κ1) is 21.4. The quantitative estimate of drug-likeness (QED) is 0.706. The Morgan fingerprint density at radius 3 is 2.31 bits per heavy atom. The van der Waals surface area contributed by atoms with Gasteiger partial charge in [-0.25, -0.2) is 0 Å². The Balaban J connectivity index is 1.50. The monoisotopic (exact) mass is 393 g/mol. The van der Waals surface area contributed by atoms with Gasteiger partial charge in [-0.15, -0.1) is 0 Å². The summed E-state index contributed by atoms with van der Waals surface area (Å²) in [6.45, 7) is 12.5. The van der Waals surface area contributed by atoms with Crippen LogP contribution in [0.2, 0.25) is 0 Å². The van der Waals surface area contributed by atoms with Crippen LogP contribution >= 0.6 is 0 Å². The van der Waals surface area contributed by atoms with Gasteiger partial charge in [-0.1, -0.05) is 31.2 Å². The maximum Gasteiger partial charge on any atom is 0.251 e. The summed E-state index contributed by atoms with van der Waals surface area (Å²) in [5.74, 6) is 0.769. The van der Waals surface area contributed by atoms with Gasteiger partial charge in [0.25, 0.3) is 5.91 Å². The third-order valence-electron chi connectivity index (χ3n) is 5.88. The van der Waals surface area contributed by atoms with E-state index in [-0.39, 0.29) is 5.91 Å². The molecule has 1 heterocycles. The number of rotatable bonds is 8. The fraction of sp³-hybridized carbons (Fsp3) is 0.480. The molecule has 29 heavy (non-hydrogen) atoms. The molecular weight excluding hydrogens is 358 g/mol. The minimum atomic E-state index is -0.0176. The number of carbonyl (C=O) groups excluding carboxylic acids is 1. The third-order valence-corrected chi connectivity index (χ3v) is 5.88. The molecule has 0 aliphatic carbocycles. The van der Waals surface area contributed by atoms with Gasteiger partial charge >= 0.3 is 0 Å². The molecule has 4 nitrogen and oxygen atoms in total. The Morgan fingerprint density at radius 1 is 1.03 bits per heavy atom. The number of amides is 1. The van der Waals surface area contributed by atoms with Gasteiger partial charge in [0.1, 0.15) is 0 Å². The van der Waals surface area contributed by atoms with Crippen LogP contribution in [0.3, 0.4) is 0 Å². The summed E-state index contributed by atoms with van der Waals surface area (Å²) in [5, 5.41) is 3.04. The first-order chi connectivity index (χ1) is 14.1. The molecule has 1 atom stereocenters. The highest BCUT2D eigenvalue weighted by molar-refractivity contribution is 5.94. The zero-order chi connectivity index (χ0) is 20.6. The molecule has 1 amide bonds. The molecule has 1 fully saturated rings. The van der Waals surface area contributed by atoms with Crippen LogP contribution in [0, 0.1) is 5.92 Å². The van der Waals surface area contributed by atoms with Crippen LogP contribution in [0.4, 0.5) is 5.69 Å². The first-order valence-corrected chi connectivity index (χ1v) is 11.0. The zero-order valence-electron chi connectivity index (χ0n) is 18.2. The topological polar surface area (TPSA) is 35.6 Å². The number of benzene rings is 2. The second kappa shape index (κ2) is 10.4. The molecule has 4 heteroatoms. The summed E-state index contributed by atoms with van der Waals surface area (Å²) < 4.78 is 0. The summed E-state index contributed by atoms with van der Waals surface area (Å²) in [7, 11) is 0. The Morgan fingerprint density at radius 2 is 1.69 bits per heavy atom. The van der Waals surface area contributed by atoms with Gasteiger partial charge in [-0.2, -0.15) is 0 Å². The highest BCUT2D eigenvalue weighted by Crippen LogP contribution is 2.18. The minimum Gasteiger partial charge on any atom is -0.372 e. The number of piperidine rings is 1. The van der Waals surface area contributed by atoms with Crippen molar-refractivity contribution < 1.29 is 4.79 Å². The third kappa shape index (κ3) is 6.07. The average Bonchev–Trinajstić information content (AvgIpc) is 2.74. The van der Waals surface area contributed by atoms with Crippen LogP contribution in [-0.2, 0) is 13.1 Å². The van der Waals surface area contributed by atoms with E-state index in [2.05, 4.69) is 72.3 Å². The lowest BCUT2D eigenvalue weighted by Gasteiger charge is -2.30. The summed E-state index contributed by atoms with van der Waals surface area (Å²) >= 11 is 0. The van der Waals surface area contributed by atoms with Crippen molar-refractivity contribution >= 4 is 11.6 Å². The molecule has 1 aliphatic heterocycles. The van der Waals surface area contributed by atoms with Crippen molar-refractivity contribution in [2.45, 2.75) is 46.7 Å². The Hall–Kier alpha value is -2.33. The molecule has 156 valence electrons. The molecule has 0 radical (unpaired) electrons. The minimum absolute atomic E-state index is 0.0176. The van der Waals surface area contributed by atoms with Crippen molar-refractivity contribution in [2.75, 3.05) is 31.1 Å². The molecule has 0 saturated carbocycles. The van der Waals surface area contributed by atoms with E-state index >= 15 is 0 Å². The zero-order valence-corrected chi connectivity index (χ0v) is 18.2. The first-order valence-electron chi connectivity index (χ1n) is 11.0. The Kier molecular flexibility index (Phi) is 7.70. The fourth-order valence-electron chi connectivity index (χ4n) is 4.15. The molecule has 1 N–H and O–H groups in total. The van der Waals surface area contributed by atoms with E-state index in [1.165, 1.54) is 37.2 Å². The van der Waals surface area contributed by atoms with Gasteiger partial charge in [-0.05, 0) is 74.5 Å². The van der Waals surface area contributed by atoms with E-state index < -0.39 is 0 Å². The lowest BCUT2D eigenvalue weighted by atomic mass is 9.99. The van der Waals surface area contributed by atoms with E-state index in [1.807, 2.05) is 12.1 Å². The summed E-state index contributed by atoms with van der Waals surface area (Å²) in [5.41, 5.74) is 4.34. The van der Waals surface area contributed by atoms with Gasteiger partial charge in [0.15, 0.2) is 0 Å². The Labute approximate surface area is 175 Å². The van der Waals surface area contributed by atoms with Crippen molar-refractivity contribution in [3.05, 3.63) is 65.2 Å². The number of nitrogens with one attached hydrogen (secondary N) is 1. The number of carbonyl (C=O) groups is 1. The lowest BCUT2D eigenvalue weighted by molar-refractivity contribution is 0.0951. The number of hydrogen-bond acceptors (Lipinski definition) is 3. The van der Waals surface area contributed by atoms with Crippen molar-refractivity contribution in [3.8, 4) is 0 Å². The van der Waals surface area contributed by atoms with Crippen LogP contribution < -0.4 is 10.2 Å². The Bertz CT molecular complexity index is 766. The van der Waals surface area contributed by atoms with Crippen molar-refractivity contribution in [1.82, 2.24) is 10.2 Å². The molecule has 3 rings (SSSR count). The summed E-state index contributed by atoms with van der Waals surface area (Å²) in [6.07, 6.45) is 2.63. The number of anilines is 1. The molecule has 0 aromatic heterocycles. The van der Waals surface area contributed by atoms with Gasteiger partial charge in [0, 0.05) is 44.0 Å². The maximum atomic E-state index is 12.5. The smallest absolute Gasteiger partial charge is 0.251 e. The van der Waals surface area contributed by atoms with Crippen LogP contribution in [0.25, 0.3) is 0 Å². The van der Waals surface area contributed by atoms with E-state index in [9.17, 15) is 4.79 Å². The van der Waals surface area contributed by atoms with Gasteiger partial charge in [0.05, 0.1) is 0 Å². The molecule has 0 bridgehead atoms. The van der Waals surface area contributed by atoms with E-state index in [4.69, 9.17) is 0 Å². The van der Waals surface area contributed by atoms with E-state index in [0.717, 1.165) is 36.7 Å². The standard InChI is InChI=1S/C25H35N3O/c1-4-28(5-2)24-14-10-21(11-15-24)17-26-25(29)23-12-8-22(9-13-23)19-27-16-6-7-20(3)18-27/h8-15,20H,4-7,16-19H2,1-3H3,(H,26,29)/t20-/m0/s1. The molecule has 0 unspecified atom stereocenters. The summed E-state index contributed by atoms with van der Waals surface area (Å²) in [4.78, 5) is 17.3. The van der Waals surface area contributed by atoms with Gasteiger partial charge in [0.2, 0.25) is 0 Å². The number of likely N-dealkylation sites (tertiary alicyclic amines) is 1. The molecule has 1 aliphatic rings. The van der Waals surface area contributed by atoms with Crippen molar-refractivity contribution in [1.29, 1.82) is 0 Å². The second-order valence-corrected chi connectivity index (χ2v) is 8.20. The highest BCUT2D eigenvalue weighted by Gasteiger charge is 2.16. The SMILES string of the molecule is CCN(CC)c1ccc(CNC(=O)c2ccc(CN3CCC[C@H](C)C3)cc2)cc1. The molecule has 2 aromatic carbocycles. The molecule has 1 saturated heterocycles. The molecule has 2 aromatic rings. The summed E-state index contributed by atoms with van der Waals surface area (Å²) in [6, 6.07) is 16.5.